The van der Waals surface area contributed by atoms with Crippen molar-refractivity contribution in [3.63, 3.8) is 0 Å². The molecule has 0 unspecified atom stereocenters. The number of hydrogen-bond acceptors (Lipinski definition) is 4. The van der Waals surface area contributed by atoms with Gasteiger partial charge in [0, 0.05) is 16.9 Å². The van der Waals surface area contributed by atoms with Crippen molar-refractivity contribution in [1.82, 2.24) is 0 Å². The number of benzene rings is 2. The first-order valence-corrected chi connectivity index (χ1v) is 8.54. The topological polar surface area (TPSA) is 71.0 Å². The van der Waals surface area contributed by atoms with Crippen molar-refractivity contribution in [2.24, 2.45) is 15.9 Å². The van der Waals surface area contributed by atoms with Crippen LogP contribution >= 0.6 is 23.4 Å². The number of aryl methyl sites for hydroxylation is 1. The fourth-order valence-electron chi connectivity index (χ4n) is 1.99. The van der Waals surface area contributed by atoms with E-state index in [2.05, 4.69) is 10.2 Å². The molecule has 120 valence electrons. The van der Waals surface area contributed by atoms with E-state index in [9.17, 15) is 5.11 Å². The van der Waals surface area contributed by atoms with Gasteiger partial charge in [-0.05, 0) is 24.1 Å². The molecule has 0 bridgehead atoms. The average molecular weight is 348 g/mol. The molecular formula is C17H18ClN3OS. The second kappa shape index (κ2) is 8.60. The van der Waals surface area contributed by atoms with Gasteiger partial charge in [-0.2, -0.15) is 5.10 Å². The molecule has 0 heterocycles. The Bertz CT molecular complexity index is 717. The molecule has 0 radical (unpaired) electrons. The van der Waals surface area contributed by atoms with Gasteiger partial charge in [0.15, 0.2) is 5.17 Å². The molecular weight excluding hydrogens is 330 g/mol. The summed E-state index contributed by atoms with van der Waals surface area (Å²) in [5.41, 5.74) is 9.23. The van der Waals surface area contributed by atoms with Crippen LogP contribution in [0.5, 0.6) is 5.75 Å². The Morgan fingerprint density at radius 1 is 1.30 bits per heavy atom. The summed E-state index contributed by atoms with van der Waals surface area (Å²) in [7, 11) is 0. The van der Waals surface area contributed by atoms with Crippen LogP contribution in [0.1, 0.15) is 22.3 Å². The van der Waals surface area contributed by atoms with Crippen LogP contribution in [-0.2, 0) is 11.6 Å². The zero-order valence-electron chi connectivity index (χ0n) is 12.7. The predicted molar refractivity (Wildman–Crippen MR) is 99.4 cm³/mol. The van der Waals surface area contributed by atoms with Gasteiger partial charge in [-0.1, -0.05) is 48.2 Å². The van der Waals surface area contributed by atoms with Gasteiger partial charge in [0.2, 0.25) is 0 Å². The van der Waals surface area contributed by atoms with Crippen LogP contribution in [0, 0.1) is 6.92 Å². The first-order chi connectivity index (χ1) is 11.1. The number of halogens is 1. The van der Waals surface area contributed by atoms with Crippen LogP contribution in [0.4, 0.5) is 0 Å². The normalized spacial score (nSPS) is 12.0. The standard InChI is InChI=1S/C17H18ClN3OS/c1-12-7-14(9-18)16(22)15(8-12)10-20-21-17(19)23-11-13-5-3-2-4-6-13/h2-8,10,22H,9,11H2,1H3,(H2,19,21). The van der Waals surface area contributed by atoms with E-state index in [1.54, 1.807) is 0 Å². The highest BCUT2D eigenvalue weighted by atomic mass is 35.5. The predicted octanol–water partition coefficient (Wildman–Crippen LogP) is 4.02. The molecule has 4 nitrogen and oxygen atoms in total. The van der Waals surface area contributed by atoms with Gasteiger partial charge in [-0.3, -0.25) is 0 Å². The van der Waals surface area contributed by atoms with Crippen LogP contribution < -0.4 is 5.73 Å². The first-order valence-electron chi connectivity index (χ1n) is 7.02. The molecule has 0 saturated heterocycles. The van der Waals surface area contributed by atoms with Crippen molar-refractivity contribution < 1.29 is 5.11 Å². The smallest absolute Gasteiger partial charge is 0.180 e. The lowest BCUT2D eigenvalue weighted by Crippen LogP contribution is -2.06. The zero-order chi connectivity index (χ0) is 16.7. The number of nitrogens with zero attached hydrogens (tertiary/aromatic N) is 2. The van der Waals surface area contributed by atoms with Crippen molar-refractivity contribution in [1.29, 1.82) is 0 Å². The van der Waals surface area contributed by atoms with Gasteiger partial charge in [-0.15, -0.1) is 16.7 Å². The number of rotatable bonds is 5. The third-order valence-electron chi connectivity index (χ3n) is 3.09. The molecule has 0 atom stereocenters. The van der Waals surface area contributed by atoms with Crippen molar-refractivity contribution >= 4 is 34.7 Å². The second-order valence-corrected chi connectivity index (χ2v) is 6.22. The van der Waals surface area contributed by atoms with E-state index in [-0.39, 0.29) is 11.6 Å². The maximum atomic E-state index is 10.1. The van der Waals surface area contributed by atoms with Crippen LogP contribution in [0.15, 0.2) is 52.7 Å². The highest BCUT2D eigenvalue weighted by molar-refractivity contribution is 8.13. The minimum Gasteiger partial charge on any atom is -0.507 e. The number of nitrogens with two attached hydrogens (primary N) is 1. The maximum absolute atomic E-state index is 10.1. The number of amidine groups is 1. The van der Waals surface area contributed by atoms with Crippen molar-refractivity contribution in [3.05, 3.63) is 64.7 Å². The fourth-order valence-corrected chi connectivity index (χ4v) is 2.81. The quantitative estimate of drug-likeness (QED) is 0.371. The van der Waals surface area contributed by atoms with Crippen LogP contribution in [0.2, 0.25) is 0 Å². The van der Waals surface area contributed by atoms with Crippen LogP contribution in [-0.4, -0.2) is 16.5 Å². The molecule has 0 aliphatic carbocycles. The lowest BCUT2D eigenvalue weighted by atomic mass is 10.1. The number of hydrogen-bond donors (Lipinski definition) is 2. The minimum atomic E-state index is 0.125. The third-order valence-corrected chi connectivity index (χ3v) is 4.23. The number of alkyl halides is 1. The SMILES string of the molecule is Cc1cc(C=NN=C(N)SCc2ccccc2)c(O)c(CCl)c1. The van der Waals surface area contributed by atoms with E-state index >= 15 is 0 Å². The molecule has 2 aromatic carbocycles. The molecule has 2 aromatic rings. The molecule has 0 aliphatic rings. The van der Waals surface area contributed by atoms with E-state index in [1.165, 1.54) is 23.5 Å². The van der Waals surface area contributed by atoms with Crippen LogP contribution in [0.3, 0.4) is 0 Å². The van der Waals surface area contributed by atoms with Gasteiger partial charge >= 0.3 is 0 Å². The van der Waals surface area contributed by atoms with Gasteiger partial charge in [0.05, 0.1) is 12.1 Å². The molecule has 0 fully saturated rings. The summed E-state index contributed by atoms with van der Waals surface area (Å²) < 4.78 is 0. The summed E-state index contributed by atoms with van der Waals surface area (Å²) in [5, 5.41) is 18.3. The van der Waals surface area contributed by atoms with Gasteiger partial charge in [0.25, 0.3) is 0 Å². The molecule has 0 aliphatic heterocycles. The second-order valence-electron chi connectivity index (χ2n) is 4.95. The highest BCUT2D eigenvalue weighted by Crippen LogP contribution is 2.24. The van der Waals surface area contributed by atoms with Crippen molar-refractivity contribution in [2.75, 3.05) is 0 Å². The Labute approximate surface area is 145 Å². The largest absolute Gasteiger partial charge is 0.507 e. The molecule has 23 heavy (non-hydrogen) atoms. The van der Waals surface area contributed by atoms with E-state index in [0.717, 1.165) is 11.3 Å². The average Bonchev–Trinajstić information content (AvgIpc) is 2.56. The van der Waals surface area contributed by atoms with E-state index in [0.29, 0.717) is 16.3 Å². The summed E-state index contributed by atoms with van der Waals surface area (Å²) in [6, 6.07) is 13.7. The Balaban J connectivity index is 2.01. The molecule has 0 amide bonds. The molecule has 3 N–H and O–H groups in total. The van der Waals surface area contributed by atoms with E-state index in [1.807, 2.05) is 49.4 Å². The molecule has 0 spiro atoms. The first kappa shape index (κ1) is 17.4. The van der Waals surface area contributed by atoms with Crippen molar-refractivity contribution in [2.45, 2.75) is 18.6 Å². The fraction of sp³-hybridized carbons (Fsp3) is 0.176. The summed E-state index contributed by atoms with van der Waals surface area (Å²) in [6.07, 6.45) is 1.48. The minimum absolute atomic E-state index is 0.125. The lowest BCUT2D eigenvalue weighted by molar-refractivity contribution is 0.469. The summed E-state index contributed by atoms with van der Waals surface area (Å²) in [6.45, 7) is 1.93. The maximum Gasteiger partial charge on any atom is 0.180 e. The Hall–Kier alpha value is -1.98. The number of phenolic OH excluding ortho intramolecular Hbond substituents is 1. The zero-order valence-corrected chi connectivity index (χ0v) is 14.3. The Kier molecular flexibility index (Phi) is 6.50. The number of phenols is 1. The number of thioether (sulfide) groups is 1. The number of aromatic hydroxyl groups is 1. The Morgan fingerprint density at radius 2 is 2.04 bits per heavy atom. The highest BCUT2D eigenvalue weighted by Gasteiger charge is 2.06. The summed E-state index contributed by atoms with van der Waals surface area (Å²) in [4.78, 5) is 0. The van der Waals surface area contributed by atoms with Gasteiger partial charge < -0.3 is 10.8 Å². The monoisotopic (exact) mass is 347 g/mol. The van der Waals surface area contributed by atoms with E-state index < -0.39 is 0 Å². The molecule has 0 aromatic heterocycles. The summed E-state index contributed by atoms with van der Waals surface area (Å²) >= 11 is 7.21. The Morgan fingerprint density at radius 3 is 2.74 bits per heavy atom. The third kappa shape index (κ3) is 5.30. The summed E-state index contributed by atoms with van der Waals surface area (Å²) in [5.74, 6) is 1.10. The lowest BCUT2D eigenvalue weighted by Gasteiger charge is -2.05. The molecule has 2 rings (SSSR count). The molecule has 6 heteroatoms. The van der Waals surface area contributed by atoms with Crippen LogP contribution in [0.25, 0.3) is 0 Å². The van der Waals surface area contributed by atoms with Gasteiger partial charge in [-0.25, -0.2) is 0 Å². The van der Waals surface area contributed by atoms with Gasteiger partial charge in [0.1, 0.15) is 5.75 Å². The van der Waals surface area contributed by atoms with E-state index in [4.69, 9.17) is 17.3 Å². The van der Waals surface area contributed by atoms with Crippen molar-refractivity contribution in [3.8, 4) is 5.75 Å². The molecule has 0 saturated carbocycles.